The molecule has 0 saturated carbocycles. The largest absolute Gasteiger partial charge is 0.497 e. The van der Waals surface area contributed by atoms with E-state index in [2.05, 4.69) is 26.7 Å². The molecule has 1 aromatic carbocycles. The second kappa shape index (κ2) is 11.4. The van der Waals surface area contributed by atoms with Crippen LogP contribution in [0.3, 0.4) is 0 Å². The maximum Gasteiger partial charge on any atom is 0.303 e. The van der Waals surface area contributed by atoms with Gasteiger partial charge < -0.3 is 14.9 Å². The van der Waals surface area contributed by atoms with Gasteiger partial charge in [0.2, 0.25) is 0 Å². The molecular formula is C26H28ClN3O4S. The fourth-order valence-electron chi connectivity index (χ4n) is 4.76. The summed E-state index contributed by atoms with van der Waals surface area (Å²) in [5.41, 5.74) is 2.72. The van der Waals surface area contributed by atoms with E-state index in [0.717, 1.165) is 41.7 Å². The first-order valence-corrected chi connectivity index (χ1v) is 12.8. The Morgan fingerprint density at radius 2 is 2.14 bits per heavy atom. The van der Waals surface area contributed by atoms with Crippen LogP contribution in [0.4, 0.5) is 0 Å². The Hall–Kier alpha value is -2.70. The summed E-state index contributed by atoms with van der Waals surface area (Å²) in [5.74, 6) is 6.16. The van der Waals surface area contributed by atoms with Crippen molar-refractivity contribution in [2.24, 2.45) is 5.41 Å². The average molecular weight is 514 g/mol. The number of pyridine rings is 1. The Labute approximate surface area is 213 Å². The number of aliphatic hydroxyl groups is 1. The molecule has 4 rings (SSSR count). The number of benzene rings is 1. The average Bonchev–Trinajstić information content (AvgIpc) is 3.36. The van der Waals surface area contributed by atoms with Crippen LogP contribution in [0.15, 0.2) is 36.1 Å². The van der Waals surface area contributed by atoms with Crippen LogP contribution in [0.2, 0.25) is 5.02 Å². The first-order valence-electron chi connectivity index (χ1n) is 11.5. The third-order valence-electron chi connectivity index (χ3n) is 6.74. The van der Waals surface area contributed by atoms with Gasteiger partial charge in [-0.2, -0.15) is 0 Å². The van der Waals surface area contributed by atoms with Crippen LogP contribution in [-0.4, -0.2) is 57.8 Å². The number of thiazole rings is 1. The summed E-state index contributed by atoms with van der Waals surface area (Å²) in [5, 5.41) is 21.9. The van der Waals surface area contributed by atoms with Gasteiger partial charge in [0.1, 0.15) is 5.75 Å². The number of piperidine rings is 1. The summed E-state index contributed by atoms with van der Waals surface area (Å²) >= 11 is 7.97. The van der Waals surface area contributed by atoms with E-state index in [9.17, 15) is 15.0 Å². The molecule has 35 heavy (non-hydrogen) atoms. The molecule has 3 heterocycles. The SMILES string of the molecule is COc1ccc2ncc(Cl)c(C(O)CCC3(CC(=O)O)CCN(CC#Cc4cncs4)CC3)c2c1. The number of halogens is 1. The van der Waals surface area contributed by atoms with Gasteiger partial charge in [0.25, 0.3) is 0 Å². The molecule has 1 saturated heterocycles. The maximum absolute atomic E-state index is 11.7. The topological polar surface area (TPSA) is 95.8 Å². The number of aliphatic carboxylic acids is 1. The molecule has 7 nitrogen and oxygen atoms in total. The van der Waals surface area contributed by atoms with Gasteiger partial charge in [0, 0.05) is 17.1 Å². The highest BCUT2D eigenvalue weighted by atomic mass is 35.5. The van der Waals surface area contributed by atoms with E-state index in [-0.39, 0.29) is 11.8 Å². The van der Waals surface area contributed by atoms with Crippen molar-refractivity contribution in [3.63, 3.8) is 0 Å². The Morgan fingerprint density at radius 1 is 1.34 bits per heavy atom. The molecule has 9 heteroatoms. The van der Waals surface area contributed by atoms with Crippen LogP contribution in [-0.2, 0) is 4.79 Å². The molecule has 0 amide bonds. The lowest BCUT2D eigenvalue weighted by molar-refractivity contribution is -0.141. The zero-order chi connectivity index (χ0) is 24.8. The predicted molar refractivity (Wildman–Crippen MR) is 137 cm³/mol. The predicted octanol–water partition coefficient (Wildman–Crippen LogP) is 4.78. The highest BCUT2D eigenvalue weighted by molar-refractivity contribution is 7.10. The lowest BCUT2D eigenvalue weighted by Crippen LogP contribution is -2.41. The summed E-state index contributed by atoms with van der Waals surface area (Å²) in [7, 11) is 1.59. The number of likely N-dealkylation sites (tertiary alicyclic amines) is 1. The van der Waals surface area contributed by atoms with E-state index in [1.165, 1.54) is 11.3 Å². The van der Waals surface area contributed by atoms with Gasteiger partial charge in [-0.05, 0) is 62.4 Å². The number of carboxylic acid groups (broad SMARTS) is 1. The normalized spacial score (nSPS) is 16.4. The molecule has 1 aliphatic rings. The summed E-state index contributed by atoms with van der Waals surface area (Å²) in [6.45, 7) is 2.19. The van der Waals surface area contributed by atoms with Crippen molar-refractivity contribution in [3.05, 3.63) is 51.6 Å². The third-order valence-corrected chi connectivity index (χ3v) is 7.73. The molecule has 1 unspecified atom stereocenters. The van der Waals surface area contributed by atoms with Crippen molar-refractivity contribution in [1.82, 2.24) is 14.9 Å². The number of aliphatic hydroxyl groups excluding tert-OH is 1. The van der Waals surface area contributed by atoms with Crippen molar-refractivity contribution in [1.29, 1.82) is 0 Å². The fourth-order valence-corrected chi connectivity index (χ4v) is 5.52. The quantitative estimate of drug-likeness (QED) is 0.418. The van der Waals surface area contributed by atoms with Crippen molar-refractivity contribution in [2.75, 3.05) is 26.7 Å². The number of carbonyl (C=O) groups is 1. The van der Waals surface area contributed by atoms with E-state index in [4.69, 9.17) is 16.3 Å². The van der Waals surface area contributed by atoms with Crippen LogP contribution < -0.4 is 4.74 Å². The molecule has 1 aliphatic heterocycles. The summed E-state index contributed by atoms with van der Waals surface area (Å²) in [6, 6.07) is 5.47. The lowest BCUT2D eigenvalue weighted by Gasteiger charge is -2.41. The van der Waals surface area contributed by atoms with Crippen LogP contribution in [0.25, 0.3) is 10.9 Å². The molecule has 2 N–H and O–H groups in total. The fraction of sp³-hybridized carbons (Fsp3) is 0.423. The van der Waals surface area contributed by atoms with Crippen LogP contribution in [0, 0.1) is 17.3 Å². The minimum Gasteiger partial charge on any atom is -0.497 e. The number of nitrogens with zero attached hydrogens (tertiary/aromatic N) is 3. The van der Waals surface area contributed by atoms with Gasteiger partial charge in [-0.25, -0.2) is 0 Å². The highest BCUT2D eigenvalue weighted by Gasteiger charge is 2.37. The number of hydrogen-bond donors (Lipinski definition) is 2. The van der Waals surface area contributed by atoms with Crippen molar-refractivity contribution in [3.8, 4) is 17.6 Å². The molecule has 184 valence electrons. The zero-order valence-electron chi connectivity index (χ0n) is 19.5. The molecule has 1 fully saturated rings. The number of carboxylic acids is 1. The smallest absolute Gasteiger partial charge is 0.303 e. The van der Waals surface area contributed by atoms with Crippen molar-refractivity contribution < 1.29 is 19.7 Å². The number of methoxy groups -OCH3 is 1. The minimum atomic E-state index is -0.839. The highest BCUT2D eigenvalue weighted by Crippen LogP contribution is 2.43. The lowest BCUT2D eigenvalue weighted by atomic mass is 9.71. The summed E-state index contributed by atoms with van der Waals surface area (Å²) < 4.78 is 5.34. The third kappa shape index (κ3) is 6.30. The van der Waals surface area contributed by atoms with Crippen LogP contribution in [0.5, 0.6) is 5.75 Å². The van der Waals surface area contributed by atoms with Crippen LogP contribution >= 0.6 is 22.9 Å². The van der Waals surface area contributed by atoms with Crippen molar-refractivity contribution >= 4 is 39.8 Å². The second-order valence-electron chi connectivity index (χ2n) is 8.97. The van der Waals surface area contributed by atoms with E-state index in [1.54, 1.807) is 25.0 Å². The second-order valence-corrected chi connectivity index (χ2v) is 10.3. The first-order chi connectivity index (χ1) is 16.9. The minimum absolute atomic E-state index is 0.0821. The molecular weight excluding hydrogens is 486 g/mol. The summed E-state index contributed by atoms with van der Waals surface area (Å²) in [4.78, 5) is 23.3. The monoisotopic (exact) mass is 513 g/mol. The Balaban J connectivity index is 1.44. The van der Waals surface area contributed by atoms with E-state index < -0.39 is 12.1 Å². The molecule has 3 aromatic rings. The van der Waals surface area contributed by atoms with E-state index in [0.29, 0.717) is 35.7 Å². The van der Waals surface area contributed by atoms with Gasteiger partial charge in [-0.3, -0.25) is 19.7 Å². The first kappa shape index (κ1) is 25.4. The van der Waals surface area contributed by atoms with E-state index in [1.807, 2.05) is 18.2 Å². The molecule has 0 aliphatic carbocycles. The van der Waals surface area contributed by atoms with Crippen LogP contribution in [0.1, 0.15) is 48.6 Å². The van der Waals surface area contributed by atoms with Crippen molar-refractivity contribution in [2.45, 2.75) is 38.2 Å². The standard InChI is InChI=1S/C26H28ClN3O4S/c1-34-18-4-5-22-20(13-18)25(21(27)16-29-22)23(31)6-7-26(14-24(32)33)8-11-30(12-9-26)10-2-3-19-15-28-17-35-19/h4-5,13,15-17,23,31H,6-12,14H2,1H3,(H,32,33). The molecule has 0 radical (unpaired) electrons. The van der Waals surface area contributed by atoms with Gasteiger partial charge in [-0.15, -0.1) is 11.3 Å². The summed E-state index contributed by atoms with van der Waals surface area (Å²) in [6.07, 6.45) is 5.03. The van der Waals surface area contributed by atoms with Gasteiger partial charge in [0.05, 0.1) is 53.3 Å². The number of rotatable bonds is 8. The number of aromatic nitrogens is 2. The van der Waals surface area contributed by atoms with E-state index >= 15 is 0 Å². The maximum atomic E-state index is 11.7. The van der Waals surface area contributed by atoms with Gasteiger partial charge in [-0.1, -0.05) is 23.4 Å². The Kier molecular flexibility index (Phi) is 8.24. The van der Waals surface area contributed by atoms with Gasteiger partial charge >= 0.3 is 5.97 Å². The zero-order valence-corrected chi connectivity index (χ0v) is 21.1. The molecule has 0 bridgehead atoms. The molecule has 0 spiro atoms. The number of ether oxygens (including phenoxy) is 1. The number of fused-ring (bicyclic) bond motifs is 1. The Bertz CT molecular complexity index is 1230. The van der Waals surface area contributed by atoms with Gasteiger partial charge in [0.15, 0.2) is 0 Å². The molecule has 2 aromatic heterocycles. The number of hydrogen-bond acceptors (Lipinski definition) is 7. The Morgan fingerprint density at radius 3 is 2.83 bits per heavy atom. The molecule has 1 atom stereocenters.